The smallest absolute Gasteiger partial charge is 0.0220 e. The van der Waals surface area contributed by atoms with Crippen molar-refractivity contribution in [1.29, 1.82) is 0 Å². The molecule has 118 valence electrons. The molecule has 2 saturated heterocycles. The molecular weight excluding hydrogens is 246 g/mol. The van der Waals surface area contributed by atoms with Crippen molar-refractivity contribution < 1.29 is 0 Å². The van der Waals surface area contributed by atoms with Gasteiger partial charge >= 0.3 is 0 Å². The first kappa shape index (κ1) is 16.3. The fourth-order valence-corrected chi connectivity index (χ4v) is 4.29. The number of hydrogen-bond donors (Lipinski definition) is 1. The van der Waals surface area contributed by atoms with Crippen LogP contribution in [0, 0.1) is 5.41 Å². The van der Waals surface area contributed by atoms with E-state index in [0.717, 1.165) is 6.04 Å². The highest BCUT2D eigenvalue weighted by atomic mass is 15.2. The maximum atomic E-state index is 3.55. The third-order valence-electron chi connectivity index (χ3n) is 5.48. The quantitative estimate of drug-likeness (QED) is 0.835. The minimum absolute atomic E-state index is 0.594. The van der Waals surface area contributed by atoms with Gasteiger partial charge in [0.05, 0.1) is 0 Å². The Morgan fingerprint density at radius 3 is 2.55 bits per heavy atom. The molecule has 0 spiro atoms. The van der Waals surface area contributed by atoms with Crippen LogP contribution in [0.25, 0.3) is 0 Å². The normalized spacial score (nSPS) is 29.2. The zero-order chi connectivity index (χ0) is 14.4. The van der Waals surface area contributed by atoms with Gasteiger partial charge in [0.2, 0.25) is 0 Å². The summed E-state index contributed by atoms with van der Waals surface area (Å²) in [7, 11) is 2.29. The van der Waals surface area contributed by atoms with Gasteiger partial charge in [0.25, 0.3) is 0 Å². The molecule has 0 saturated carbocycles. The second kappa shape index (κ2) is 7.77. The van der Waals surface area contributed by atoms with Gasteiger partial charge in [-0.1, -0.05) is 20.3 Å². The van der Waals surface area contributed by atoms with E-state index in [9.17, 15) is 0 Å². The highest BCUT2D eigenvalue weighted by Crippen LogP contribution is 2.36. The number of nitrogens with one attached hydrogen (secondary N) is 1. The summed E-state index contributed by atoms with van der Waals surface area (Å²) in [6.45, 7) is 12.4. The second-order valence-corrected chi connectivity index (χ2v) is 7.15. The van der Waals surface area contributed by atoms with E-state index in [1.165, 1.54) is 77.8 Å². The fourth-order valence-electron chi connectivity index (χ4n) is 4.29. The summed E-state index contributed by atoms with van der Waals surface area (Å²) < 4.78 is 0. The summed E-state index contributed by atoms with van der Waals surface area (Å²) in [6, 6.07) is 0.770. The largest absolute Gasteiger partial charge is 0.317 e. The van der Waals surface area contributed by atoms with Crippen molar-refractivity contribution in [3.8, 4) is 0 Å². The van der Waals surface area contributed by atoms with Gasteiger partial charge in [-0.2, -0.15) is 0 Å². The molecule has 2 aliphatic rings. The zero-order valence-corrected chi connectivity index (χ0v) is 14.0. The Hall–Kier alpha value is -0.120. The van der Waals surface area contributed by atoms with Crippen LogP contribution in [-0.4, -0.2) is 62.2 Å². The van der Waals surface area contributed by atoms with E-state index in [0.29, 0.717) is 5.41 Å². The molecule has 1 atom stereocenters. The summed E-state index contributed by atoms with van der Waals surface area (Å²) in [6.07, 6.45) is 8.15. The fraction of sp³-hybridized carbons (Fsp3) is 1.00. The molecular formula is C17H35N3. The van der Waals surface area contributed by atoms with Gasteiger partial charge in [-0.05, 0) is 70.7 Å². The lowest BCUT2D eigenvalue weighted by Crippen LogP contribution is -2.49. The van der Waals surface area contributed by atoms with Crippen LogP contribution in [0.1, 0.15) is 52.4 Å². The van der Waals surface area contributed by atoms with Crippen LogP contribution in [0.5, 0.6) is 0 Å². The molecule has 0 radical (unpaired) electrons. The SMILES string of the molecule is CCCC1(CN2CCCN(C)CC2CC)CCNCC1. The summed E-state index contributed by atoms with van der Waals surface area (Å²) in [5.41, 5.74) is 0.594. The Balaban J connectivity index is 2.03. The van der Waals surface area contributed by atoms with Crippen LogP contribution in [0.3, 0.4) is 0 Å². The highest BCUT2D eigenvalue weighted by molar-refractivity contribution is 4.90. The summed E-state index contributed by atoms with van der Waals surface area (Å²) in [4.78, 5) is 5.37. The molecule has 0 aliphatic carbocycles. The maximum Gasteiger partial charge on any atom is 0.0220 e. The molecule has 2 rings (SSSR count). The average molecular weight is 281 g/mol. The van der Waals surface area contributed by atoms with Crippen LogP contribution < -0.4 is 5.32 Å². The van der Waals surface area contributed by atoms with Gasteiger partial charge in [0.1, 0.15) is 0 Å². The topological polar surface area (TPSA) is 18.5 Å². The lowest BCUT2D eigenvalue weighted by atomic mass is 9.74. The van der Waals surface area contributed by atoms with E-state index in [1.54, 1.807) is 0 Å². The second-order valence-electron chi connectivity index (χ2n) is 7.15. The first-order valence-electron chi connectivity index (χ1n) is 8.82. The molecule has 3 nitrogen and oxygen atoms in total. The molecule has 1 unspecified atom stereocenters. The molecule has 0 aromatic heterocycles. The molecule has 2 heterocycles. The first-order chi connectivity index (χ1) is 9.69. The lowest BCUT2D eigenvalue weighted by molar-refractivity contribution is 0.0717. The minimum Gasteiger partial charge on any atom is -0.317 e. The molecule has 2 fully saturated rings. The van der Waals surface area contributed by atoms with Gasteiger partial charge in [-0.3, -0.25) is 4.90 Å². The summed E-state index contributed by atoms with van der Waals surface area (Å²) in [5.74, 6) is 0. The molecule has 0 bridgehead atoms. The van der Waals surface area contributed by atoms with Crippen LogP contribution in [0.15, 0.2) is 0 Å². The molecule has 2 aliphatic heterocycles. The van der Waals surface area contributed by atoms with Gasteiger partial charge < -0.3 is 10.2 Å². The van der Waals surface area contributed by atoms with E-state index in [1.807, 2.05) is 0 Å². The van der Waals surface area contributed by atoms with E-state index in [2.05, 4.69) is 36.0 Å². The maximum absolute atomic E-state index is 3.55. The number of rotatable bonds is 5. The summed E-state index contributed by atoms with van der Waals surface area (Å²) >= 11 is 0. The number of nitrogens with zero attached hydrogens (tertiary/aromatic N) is 2. The van der Waals surface area contributed by atoms with Gasteiger partial charge in [-0.15, -0.1) is 0 Å². The highest BCUT2D eigenvalue weighted by Gasteiger charge is 2.35. The molecule has 1 N–H and O–H groups in total. The predicted molar refractivity (Wildman–Crippen MR) is 87.2 cm³/mol. The van der Waals surface area contributed by atoms with Crippen molar-refractivity contribution in [2.24, 2.45) is 5.41 Å². The van der Waals surface area contributed by atoms with E-state index >= 15 is 0 Å². The third-order valence-corrected chi connectivity index (χ3v) is 5.48. The Kier molecular flexibility index (Phi) is 6.31. The lowest BCUT2D eigenvalue weighted by Gasteiger charge is -2.43. The minimum atomic E-state index is 0.594. The Morgan fingerprint density at radius 2 is 1.90 bits per heavy atom. The van der Waals surface area contributed by atoms with Gasteiger partial charge in [0.15, 0.2) is 0 Å². The van der Waals surface area contributed by atoms with Crippen LogP contribution in [-0.2, 0) is 0 Å². The number of piperidine rings is 1. The third kappa shape index (κ3) is 4.19. The molecule has 3 heteroatoms. The monoisotopic (exact) mass is 281 g/mol. The predicted octanol–water partition coefficient (Wildman–Crippen LogP) is 2.57. The zero-order valence-electron chi connectivity index (χ0n) is 14.0. The van der Waals surface area contributed by atoms with Crippen LogP contribution >= 0.6 is 0 Å². The van der Waals surface area contributed by atoms with E-state index in [-0.39, 0.29) is 0 Å². The van der Waals surface area contributed by atoms with Crippen molar-refractivity contribution in [1.82, 2.24) is 15.1 Å². The molecule has 0 aromatic rings. The van der Waals surface area contributed by atoms with Crippen molar-refractivity contribution in [3.63, 3.8) is 0 Å². The van der Waals surface area contributed by atoms with Crippen LogP contribution in [0.4, 0.5) is 0 Å². The van der Waals surface area contributed by atoms with Crippen LogP contribution in [0.2, 0.25) is 0 Å². The van der Waals surface area contributed by atoms with Gasteiger partial charge in [0, 0.05) is 19.1 Å². The standard InChI is InChI=1S/C17H35N3/c1-4-7-17(8-10-18-11-9-17)15-20-13-6-12-19(3)14-16(20)5-2/h16,18H,4-15H2,1-3H3. The van der Waals surface area contributed by atoms with Crippen molar-refractivity contribution >= 4 is 0 Å². The molecule has 0 amide bonds. The Labute approximate surface area is 126 Å². The molecule has 0 aromatic carbocycles. The van der Waals surface area contributed by atoms with Crippen molar-refractivity contribution in [2.45, 2.75) is 58.4 Å². The Morgan fingerprint density at radius 1 is 1.15 bits per heavy atom. The molecule has 20 heavy (non-hydrogen) atoms. The Bertz CT molecular complexity index is 268. The van der Waals surface area contributed by atoms with Crippen molar-refractivity contribution in [3.05, 3.63) is 0 Å². The average Bonchev–Trinajstić information content (AvgIpc) is 2.61. The number of hydrogen-bond acceptors (Lipinski definition) is 3. The number of likely N-dealkylation sites (N-methyl/N-ethyl adjacent to an activating group) is 1. The van der Waals surface area contributed by atoms with Crippen molar-refractivity contribution in [2.75, 3.05) is 46.3 Å². The van der Waals surface area contributed by atoms with Gasteiger partial charge in [-0.25, -0.2) is 0 Å². The van der Waals surface area contributed by atoms with E-state index < -0.39 is 0 Å². The summed E-state index contributed by atoms with van der Waals surface area (Å²) in [5, 5.41) is 3.55. The van der Waals surface area contributed by atoms with E-state index in [4.69, 9.17) is 0 Å². The first-order valence-corrected chi connectivity index (χ1v) is 8.82.